The number of aromatic nitrogens is 1. The van der Waals surface area contributed by atoms with Crippen LogP contribution in [0.25, 0.3) is 11.3 Å². The highest BCUT2D eigenvalue weighted by Crippen LogP contribution is 2.36. The molecule has 114 valence electrons. The third-order valence-electron chi connectivity index (χ3n) is 4.20. The normalized spacial score (nSPS) is 19.7. The lowest BCUT2D eigenvalue weighted by Gasteiger charge is -2.19. The molecular formula is C16H16N2O4. The highest BCUT2D eigenvalue weighted by molar-refractivity contribution is 5.93. The molecule has 6 nitrogen and oxygen atoms in total. The Kier molecular flexibility index (Phi) is 3.03. The lowest BCUT2D eigenvalue weighted by Crippen LogP contribution is -2.33. The van der Waals surface area contributed by atoms with E-state index in [1.807, 2.05) is 23.1 Å². The zero-order chi connectivity index (χ0) is 15.1. The van der Waals surface area contributed by atoms with Gasteiger partial charge in [0, 0.05) is 24.2 Å². The van der Waals surface area contributed by atoms with Gasteiger partial charge in [0.05, 0.1) is 0 Å². The minimum Gasteiger partial charge on any atom is -0.454 e. The lowest BCUT2D eigenvalue weighted by atomic mass is 10.1. The van der Waals surface area contributed by atoms with Crippen LogP contribution in [0.15, 0.2) is 28.8 Å². The first-order valence-electron chi connectivity index (χ1n) is 7.40. The van der Waals surface area contributed by atoms with Gasteiger partial charge in [0.15, 0.2) is 23.0 Å². The van der Waals surface area contributed by atoms with E-state index in [1.165, 1.54) is 0 Å². The molecule has 0 bridgehead atoms. The molecule has 2 aliphatic heterocycles. The average molecular weight is 300 g/mol. The summed E-state index contributed by atoms with van der Waals surface area (Å²) in [6.45, 7) is 3.07. The molecule has 0 saturated carbocycles. The number of likely N-dealkylation sites (tertiary alicyclic amines) is 1. The maximum atomic E-state index is 12.4. The van der Waals surface area contributed by atoms with E-state index in [1.54, 1.807) is 6.07 Å². The monoisotopic (exact) mass is 300 g/mol. The van der Waals surface area contributed by atoms with Crippen molar-refractivity contribution in [1.82, 2.24) is 10.1 Å². The highest BCUT2D eigenvalue weighted by Gasteiger charge is 2.28. The van der Waals surface area contributed by atoms with E-state index in [9.17, 15) is 4.79 Å². The van der Waals surface area contributed by atoms with Crippen molar-refractivity contribution >= 4 is 5.91 Å². The van der Waals surface area contributed by atoms with Gasteiger partial charge >= 0.3 is 0 Å². The molecule has 0 unspecified atom stereocenters. The SMILES string of the molecule is C[C@H]1CCCN1C(=O)c1cc(-c2ccc3c(c2)OCO3)on1. The first-order chi connectivity index (χ1) is 10.7. The van der Waals surface area contributed by atoms with Crippen molar-refractivity contribution in [3.05, 3.63) is 30.0 Å². The van der Waals surface area contributed by atoms with Crippen LogP contribution in [0.5, 0.6) is 11.5 Å². The van der Waals surface area contributed by atoms with E-state index in [4.69, 9.17) is 14.0 Å². The maximum Gasteiger partial charge on any atom is 0.276 e. The zero-order valence-corrected chi connectivity index (χ0v) is 12.2. The Morgan fingerprint density at radius 1 is 1.27 bits per heavy atom. The topological polar surface area (TPSA) is 64.8 Å². The summed E-state index contributed by atoms with van der Waals surface area (Å²) in [4.78, 5) is 14.3. The van der Waals surface area contributed by atoms with Crippen LogP contribution >= 0.6 is 0 Å². The molecule has 1 saturated heterocycles. The second-order valence-electron chi connectivity index (χ2n) is 5.63. The number of benzene rings is 1. The third-order valence-corrected chi connectivity index (χ3v) is 4.20. The van der Waals surface area contributed by atoms with Crippen molar-refractivity contribution in [2.45, 2.75) is 25.8 Å². The molecule has 2 aliphatic rings. The van der Waals surface area contributed by atoms with Crippen LogP contribution in [0.4, 0.5) is 0 Å². The van der Waals surface area contributed by atoms with Gasteiger partial charge in [-0.15, -0.1) is 0 Å². The Balaban J connectivity index is 1.60. The zero-order valence-electron chi connectivity index (χ0n) is 12.2. The molecule has 1 amide bonds. The smallest absolute Gasteiger partial charge is 0.276 e. The number of amides is 1. The summed E-state index contributed by atoms with van der Waals surface area (Å²) >= 11 is 0. The number of hydrogen-bond acceptors (Lipinski definition) is 5. The first kappa shape index (κ1) is 13.2. The van der Waals surface area contributed by atoms with Crippen LogP contribution in [-0.4, -0.2) is 35.3 Å². The molecule has 2 aromatic rings. The van der Waals surface area contributed by atoms with Gasteiger partial charge in [-0.1, -0.05) is 5.16 Å². The molecule has 0 spiro atoms. The first-order valence-corrected chi connectivity index (χ1v) is 7.40. The largest absolute Gasteiger partial charge is 0.454 e. The van der Waals surface area contributed by atoms with Gasteiger partial charge in [-0.2, -0.15) is 0 Å². The minimum atomic E-state index is -0.0688. The Hall–Kier alpha value is -2.50. The Morgan fingerprint density at radius 2 is 2.14 bits per heavy atom. The second-order valence-corrected chi connectivity index (χ2v) is 5.63. The van der Waals surface area contributed by atoms with Gasteiger partial charge in [-0.3, -0.25) is 4.79 Å². The number of fused-ring (bicyclic) bond motifs is 1. The fourth-order valence-electron chi connectivity index (χ4n) is 2.94. The Morgan fingerprint density at radius 3 is 2.95 bits per heavy atom. The van der Waals surface area contributed by atoms with Crippen molar-refractivity contribution in [1.29, 1.82) is 0 Å². The molecule has 0 aliphatic carbocycles. The van der Waals surface area contributed by atoms with E-state index < -0.39 is 0 Å². The Bertz CT molecular complexity index is 725. The number of hydrogen-bond donors (Lipinski definition) is 0. The molecule has 6 heteroatoms. The number of carbonyl (C=O) groups is 1. The molecule has 1 atom stereocenters. The maximum absolute atomic E-state index is 12.4. The van der Waals surface area contributed by atoms with Crippen molar-refractivity contribution in [2.24, 2.45) is 0 Å². The van der Waals surface area contributed by atoms with Gasteiger partial charge in [0.1, 0.15) is 0 Å². The van der Waals surface area contributed by atoms with Gasteiger partial charge in [0.2, 0.25) is 6.79 Å². The summed E-state index contributed by atoms with van der Waals surface area (Å²) in [5, 5.41) is 3.93. The second kappa shape index (κ2) is 5.05. The van der Waals surface area contributed by atoms with Gasteiger partial charge in [-0.25, -0.2) is 0 Å². The van der Waals surface area contributed by atoms with E-state index in [0.29, 0.717) is 23.0 Å². The minimum absolute atomic E-state index is 0.0688. The van der Waals surface area contributed by atoms with Gasteiger partial charge < -0.3 is 18.9 Å². The lowest BCUT2D eigenvalue weighted by molar-refractivity contribution is 0.0737. The van der Waals surface area contributed by atoms with E-state index in [0.717, 1.165) is 24.9 Å². The predicted molar refractivity (Wildman–Crippen MR) is 77.8 cm³/mol. The summed E-state index contributed by atoms with van der Waals surface area (Å²) in [6.07, 6.45) is 2.08. The summed E-state index contributed by atoms with van der Waals surface area (Å²) in [5.74, 6) is 1.87. The van der Waals surface area contributed by atoms with Crippen LogP contribution in [0.2, 0.25) is 0 Å². The van der Waals surface area contributed by atoms with Crippen molar-refractivity contribution in [2.75, 3.05) is 13.3 Å². The molecule has 4 rings (SSSR count). The summed E-state index contributed by atoms with van der Waals surface area (Å²) in [7, 11) is 0. The summed E-state index contributed by atoms with van der Waals surface area (Å²) in [5.41, 5.74) is 1.16. The molecular weight excluding hydrogens is 284 g/mol. The van der Waals surface area contributed by atoms with Gasteiger partial charge in [-0.05, 0) is 38.0 Å². The van der Waals surface area contributed by atoms with Crippen LogP contribution < -0.4 is 9.47 Å². The predicted octanol–water partition coefficient (Wildman–Crippen LogP) is 2.69. The summed E-state index contributed by atoms with van der Waals surface area (Å²) < 4.78 is 16.0. The number of ether oxygens (including phenoxy) is 2. The van der Waals surface area contributed by atoms with E-state index >= 15 is 0 Å². The van der Waals surface area contributed by atoms with Crippen molar-refractivity contribution in [3.8, 4) is 22.8 Å². The number of carbonyl (C=O) groups excluding carboxylic acids is 1. The van der Waals surface area contributed by atoms with Crippen LogP contribution in [0.1, 0.15) is 30.3 Å². The molecule has 22 heavy (non-hydrogen) atoms. The Labute approximate surface area is 127 Å². The standard InChI is InChI=1S/C16H16N2O4/c1-10-3-2-6-18(10)16(19)12-8-14(22-17-12)11-4-5-13-15(7-11)21-9-20-13/h4-5,7-8,10H,2-3,6,9H2,1H3/t10-/m0/s1. The average Bonchev–Trinajstić information content (AvgIpc) is 3.26. The molecule has 0 radical (unpaired) electrons. The molecule has 1 aromatic carbocycles. The molecule has 0 N–H and O–H groups in total. The molecule has 3 heterocycles. The number of rotatable bonds is 2. The van der Waals surface area contributed by atoms with Crippen LogP contribution in [-0.2, 0) is 0 Å². The fourth-order valence-corrected chi connectivity index (χ4v) is 2.94. The number of nitrogens with zero attached hydrogens (tertiary/aromatic N) is 2. The van der Waals surface area contributed by atoms with Crippen LogP contribution in [0.3, 0.4) is 0 Å². The molecule has 1 fully saturated rings. The quantitative estimate of drug-likeness (QED) is 0.853. The summed E-state index contributed by atoms with van der Waals surface area (Å²) in [6, 6.07) is 7.46. The fraction of sp³-hybridized carbons (Fsp3) is 0.375. The van der Waals surface area contributed by atoms with Gasteiger partial charge in [0.25, 0.3) is 5.91 Å². The van der Waals surface area contributed by atoms with Crippen molar-refractivity contribution < 1.29 is 18.8 Å². The van der Waals surface area contributed by atoms with Crippen molar-refractivity contribution in [3.63, 3.8) is 0 Å². The van der Waals surface area contributed by atoms with E-state index in [-0.39, 0.29) is 18.7 Å². The van der Waals surface area contributed by atoms with Crippen LogP contribution in [0, 0.1) is 0 Å². The van der Waals surface area contributed by atoms with E-state index in [2.05, 4.69) is 12.1 Å². The third kappa shape index (κ3) is 2.11. The highest BCUT2D eigenvalue weighted by atomic mass is 16.7. The molecule has 1 aromatic heterocycles.